The average molecular weight is 545 g/mol. The molecule has 8 heteroatoms. The van der Waals surface area contributed by atoms with Gasteiger partial charge in [0.2, 0.25) is 0 Å². The lowest BCUT2D eigenvalue weighted by Gasteiger charge is -2.25. The minimum atomic E-state index is -1.16. The Kier molecular flexibility index (Phi) is 18.4. The van der Waals surface area contributed by atoms with Crippen molar-refractivity contribution in [3.8, 4) is 0 Å². The number of ether oxygens (including phenoxy) is 1. The number of benzene rings is 1. The molecule has 0 bridgehead atoms. The predicted octanol–water partition coefficient (Wildman–Crippen LogP) is 8.19. The van der Waals surface area contributed by atoms with Gasteiger partial charge in [-0.1, -0.05) is 50.6 Å². The number of carbonyl (C=O) groups is 2. The van der Waals surface area contributed by atoms with Gasteiger partial charge in [0.05, 0.1) is 17.5 Å². The number of amides is 1. The van der Waals surface area contributed by atoms with E-state index in [0.717, 1.165) is 53.7 Å². The molecule has 0 saturated heterocycles. The van der Waals surface area contributed by atoms with E-state index >= 15 is 0 Å². The summed E-state index contributed by atoms with van der Waals surface area (Å²) in [4.78, 5) is 19.4. The number of halogens is 1. The molecule has 1 saturated carbocycles. The van der Waals surface area contributed by atoms with E-state index in [1.54, 1.807) is 19.1 Å². The van der Waals surface area contributed by atoms with Gasteiger partial charge in [-0.15, -0.1) is 0 Å². The molecule has 0 aromatic heterocycles. The average Bonchev–Trinajstić information content (AvgIpc) is 2.90. The van der Waals surface area contributed by atoms with Gasteiger partial charge in [-0.2, -0.15) is 0 Å². The quantitative estimate of drug-likeness (QED) is 0.108. The molecule has 39 heavy (non-hydrogen) atoms. The van der Waals surface area contributed by atoms with Crippen LogP contribution in [0.4, 0.5) is 9.18 Å². The molecular weight excluding hydrogens is 499 g/mol. The van der Waals surface area contributed by atoms with Crippen LogP contribution in [-0.4, -0.2) is 34.6 Å². The number of nitrogens with one attached hydrogen (secondary N) is 2. The Morgan fingerprint density at radius 2 is 1.67 bits per heavy atom. The Bertz CT molecular complexity index is 1050. The van der Waals surface area contributed by atoms with Crippen molar-refractivity contribution in [1.82, 2.24) is 5.32 Å². The largest absolute Gasteiger partial charge is 0.490 e. The molecular formula is C31H45FN2O5. The van der Waals surface area contributed by atoms with E-state index in [4.69, 9.17) is 25.2 Å². The molecule has 1 fully saturated rings. The monoisotopic (exact) mass is 544 g/mol. The van der Waals surface area contributed by atoms with E-state index in [1.165, 1.54) is 25.3 Å². The minimum Gasteiger partial charge on any atom is -0.490 e. The fraction of sp³-hybridized carbons (Fsp3) is 0.452. The number of hydrogen-bond donors (Lipinski definition) is 4. The van der Waals surface area contributed by atoms with E-state index in [0.29, 0.717) is 5.70 Å². The van der Waals surface area contributed by atoms with Crippen LogP contribution in [-0.2, 0) is 16.0 Å². The lowest BCUT2D eigenvalue weighted by Crippen LogP contribution is -2.25. The van der Waals surface area contributed by atoms with Crippen LogP contribution >= 0.6 is 0 Å². The van der Waals surface area contributed by atoms with Crippen LogP contribution in [0.25, 0.3) is 0 Å². The molecule has 0 aliphatic heterocycles. The molecule has 216 valence electrons. The summed E-state index contributed by atoms with van der Waals surface area (Å²) in [5.74, 6) is 0.773. The Morgan fingerprint density at radius 1 is 1.08 bits per heavy atom. The molecule has 4 N–H and O–H groups in total. The van der Waals surface area contributed by atoms with Crippen molar-refractivity contribution < 1.29 is 28.9 Å². The summed E-state index contributed by atoms with van der Waals surface area (Å²) in [5.41, 5.74) is 4.03. The summed E-state index contributed by atoms with van der Waals surface area (Å²) in [7, 11) is 0. The summed E-state index contributed by atoms with van der Waals surface area (Å²) >= 11 is 0. The topological polar surface area (TPSA) is 120 Å². The molecule has 7 nitrogen and oxygen atoms in total. The maximum atomic E-state index is 12.6. The van der Waals surface area contributed by atoms with E-state index in [9.17, 15) is 9.18 Å². The van der Waals surface area contributed by atoms with Crippen LogP contribution in [0.15, 0.2) is 70.7 Å². The highest BCUT2D eigenvalue weighted by Gasteiger charge is 2.16. The van der Waals surface area contributed by atoms with Gasteiger partial charge >= 0.3 is 6.09 Å². The fourth-order valence-electron chi connectivity index (χ4n) is 3.92. The van der Waals surface area contributed by atoms with Crippen molar-refractivity contribution >= 4 is 18.3 Å². The minimum absolute atomic E-state index is 0.0972. The molecule has 0 atom stereocenters. The van der Waals surface area contributed by atoms with E-state index in [1.807, 2.05) is 39.0 Å². The number of hydrogen-bond acceptors (Lipinski definition) is 4. The molecule has 1 amide bonds. The van der Waals surface area contributed by atoms with Gasteiger partial charge in [0.15, 0.2) is 0 Å². The number of allylic oxidation sites excluding steroid dienone is 7. The summed E-state index contributed by atoms with van der Waals surface area (Å²) in [5, 5.41) is 26.0. The normalized spacial score (nSPS) is 15.0. The fourth-order valence-corrected chi connectivity index (χ4v) is 3.92. The van der Waals surface area contributed by atoms with Crippen molar-refractivity contribution in [2.24, 2.45) is 0 Å². The highest BCUT2D eigenvalue weighted by Crippen LogP contribution is 2.25. The highest BCUT2D eigenvalue weighted by molar-refractivity contribution is 5.99. The first-order valence-corrected chi connectivity index (χ1v) is 13.3. The van der Waals surface area contributed by atoms with Crippen LogP contribution in [0.3, 0.4) is 0 Å². The maximum absolute atomic E-state index is 12.6. The van der Waals surface area contributed by atoms with Crippen molar-refractivity contribution in [3.63, 3.8) is 0 Å². The summed E-state index contributed by atoms with van der Waals surface area (Å²) in [6.07, 6.45) is 12.8. The molecule has 1 aromatic carbocycles. The highest BCUT2D eigenvalue weighted by atomic mass is 19.1. The lowest BCUT2D eigenvalue weighted by molar-refractivity contribution is -0.122. The van der Waals surface area contributed by atoms with Crippen molar-refractivity contribution in [2.75, 3.05) is 0 Å². The molecule has 1 aromatic rings. The van der Waals surface area contributed by atoms with Gasteiger partial charge in [-0.25, -0.2) is 9.18 Å². The summed E-state index contributed by atoms with van der Waals surface area (Å²) < 4.78 is 18.9. The molecule has 0 unspecified atom stereocenters. The van der Waals surface area contributed by atoms with Gasteiger partial charge in [0.1, 0.15) is 11.6 Å². The van der Waals surface area contributed by atoms with Crippen molar-refractivity contribution in [2.45, 2.75) is 92.6 Å². The first kappa shape index (κ1) is 35.3. The van der Waals surface area contributed by atoms with Gasteiger partial charge in [-0.3, -0.25) is 10.1 Å². The zero-order chi connectivity index (χ0) is 29.8. The SMILES string of the molecule is CC/C=C(C)/C(=C\C=C(C)\C(C)=C(/NC(=O)O)C(C)=N)OC1CCCCC1.CCc1ccccc1F.O=CO. The molecule has 1 aliphatic carbocycles. The van der Waals surface area contributed by atoms with E-state index < -0.39 is 6.09 Å². The Morgan fingerprint density at radius 3 is 2.13 bits per heavy atom. The smallest absolute Gasteiger partial charge is 0.409 e. The van der Waals surface area contributed by atoms with Crippen LogP contribution in [0.5, 0.6) is 0 Å². The first-order valence-electron chi connectivity index (χ1n) is 13.3. The first-order chi connectivity index (χ1) is 18.5. The van der Waals surface area contributed by atoms with Crippen LogP contribution < -0.4 is 5.32 Å². The second kappa shape index (κ2) is 20.3. The lowest BCUT2D eigenvalue weighted by atomic mass is 9.97. The van der Waals surface area contributed by atoms with Gasteiger partial charge in [0, 0.05) is 0 Å². The third-order valence-corrected chi connectivity index (χ3v) is 6.14. The Hall–Kier alpha value is -3.68. The molecule has 2 rings (SSSR count). The second-order valence-corrected chi connectivity index (χ2v) is 9.16. The van der Waals surface area contributed by atoms with Gasteiger partial charge < -0.3 is 20.4 Å². The van der Waals surface area contributed by atoms with Gasteiger partial charge in [-0.05, 0) is 101 Å². The van der Waals surface area contributed by atoms with Crippen LogP contribution in [0, 0.1) is 11.2 Å². The van der Waals surface area contributed by atoms with Crippen molar-refractivity contribution in [3.05, 3.63) is 82.0 Å². The molecule has 0 radical (unpaired) electrons. The Balaban J connectivity index is 0.000000990. The summed E-state index contributed by atoms with van der Waals surface area (Å²) in [6, 6.07) is 6.84. The third kappa shape index (κ3) is 14.7. The second-order valence-electron chi connectivity index (χ2n) is 9.16. The number of carboxylic acid groups (broad SMARTS) is 2. The Labute approximate surface area is 232 Å². The maximum Gasteiger partial charge on any atom is 0.409 e. The molecule has 1 aliphatic rings. The number of aryl methyl sites for hydroxylation is 1. The van der Waals surface area contributed by atoms with Gasteiger partial charge in [0.25, 0.3) is 6.47 Å². The van der Waals surface area contributed by atoms with Crippen molar-refractivity contribution in [1.29, 1.82) is 5.41 Å². The van der Waals surface area contributed by atoms with E-state index in [-0.39, 0.29) is 24.1 Å². The number of rotatable bonds is 9. The zero-order valence-electron chi connectivity index (χ0n) is 24.1. The van der Waals surface area contributed by atoms with E-state index in [2.05, 4.69) is 25.2 Å². The zero-order valence-corrected chi connectivity index (χ0v) is 24.1. The molecule has 0 heterocycles. The van der Waals surface area contributed by atoms with Crippen LogP contribution in [0.1, 0.15) is 85.6 Å². The third-order valence-electron chi connectivity index (χ3n) is 6.14. The standard InChI is InChI=1S/C22H34N2O3.C8H9F.CH2O2/c1-6-10-16(3)20(27-19-11-8-7-9-12-19)14-13-15(2)17(4)21(18(5)23)24-22(25)26;1-2-7-5-3-4-6-8(7)9;2-1-3/h10,13-14,19,23-24H,6-9,11-12H2,1-5H3,(H,25,26);3-6H,2H2,1H3;1H,(H,2,3)/b15-13+,16-10+,20-14+,21-17-,23-18?;;. The molecule has 0 spiro atoms. The van der Waals surface area contributed by atoms with Crippen LogP contribution in [0.2, 0.25) is 0 Å². The summed E-state index contributed by atoms with van der Waals surface area (Å²) in [6.45, 7) is 11.2. The predicted molar refractivity (Wildman–Crippen MR) is 156 cm³/mol.